The number of aliphatic hydroxyl groups is 1. The number of amides is 1. The van der Waals surface area contributed by atoms with E-state index in [2.05, 4.69) is 5.32 Å². The highest BCUT2D eigenvalue weighted by atomic mass is 16.5. The van der Waals surface area contributed by atoms with Crippen LogP contribution in [0.25, 0.3) is 0 Å². The largest absolute Gasteiger partial charge is 0.464 e. The zero-order valence-corrected chi connectivity index (χ0v) is 11.6. The molecule has 0 aliphatic heterocycles. The lowest BCUT2D eigenvalue weighted by Crippen LogP contribution is -2.54. The Morgan fingerprint density at radius 3 is 2.50 bits per heavy atom. The van der Waals surface area contributed by atoms with Crippen LogP contribution < -0.4 is 11.1 Å². The second-order valence-corrected chi connectivity index (χ2v) is 4.58. The molecular weight excluding hydrogens is 260 g/mol. The summed E-state index contributed by atoms with van der Waals surface area (Å²) in [5.41, 5.74) is 5.22. The summed E-state index contributed by atoms with van der Waals surface area (Å²) in [6.07, 6.45) is 0. The molecule has 1 rings (SSSR count). The van der Waals surface area contributed by atoms with E-state index in [0.29, 0.717) is 5.56 Å². The average molecular weight is 280 g/mol. The number of hydrogen-bond acceptors (Lipinski definition) is 5. The van der Waals surface area contributed by atoms with E-state index in [1.54, 1.807) is 38.1 Å². The van der Waals surface area contributed by atoms with Crippen LogP contribution in [0.5, 0.6) is 0 Å². The third-order valence-electron chi connectivity index (χ3n) is 2.95. The van der Waals surface area contributed by atoms with Gasteiger partial charge in [-0.25, -0.2) is 4.79 Å². The number of nitrogens with two attached hydrogens (primary N) is 1. The van der Waals surface area contributed by atoms with E-state index in [1.165, 1.54) is 0 Å². The zero-order valence-electron chi connectivity index (χ0n) is 11.6. The van der Waals surface area contributed by atoms with Gasteiger partial charge in [-0.15, -0.1) is 0 Å². The van der Waals surface area contributed by atoms with Crippen molar-refractivity contribution in [3.05, 3.63) is 35.9 Å². The fourth-order valence-corrected chi connectivity index (χ4v) is 1.70. The Bertz CT molecular complexity index is 464. The van der Waals surface area contributed by atoms with Gasteiger partial charge in [0.1, 0.15) is 0 Å². The van der Waals surface area contributed by atoms with Crippen molar-refractivity contribution in [1.82, 2.24) is 5.32 Å². The van der Waals surface area contributed by atoms with E-state index in [0.717, 1.165) is 0 Å². The topological polar surface area (TPSA) is 102 Å². The van der Waals surface area contributed by atoms with Gasteiger partial charge in [-0.05, 0) is 19.4 Å². The van der Waals surface area contributed by atoms with Crippen LogP contribution in [0.3, 0.4) is 0 Å². The van der Waals surface area contributed by atoms with Crippen molar-refractivity contribution < 1.29 is 19.4 Å². The molecule has 6 nitrogen and oxygen atoms in total. The Hall–Kier alpha value is -1.92. The van der Waals surface area contributed by atoms with Gasteiger partial charge in [0.25, 0.3) is 0 Å². The number of carbonyl (C=O) groups excluding carboxylic acids is 2. The van der Waals surface area contributed by atoms with Gasteiger partial charge in [-0.2, -0.15) is 0 Å². The summed E-state index contributed by atoms with van der Waals surface area (Å²) in [7, 11) is 0. The first-order valence-electron chi connectivity index (χ1n) is 6.35. The minimum absolute atomic E-state index is 0.149. The molecule has 1 aromatic carbocycles. The number of benzene rings is 1. The van der Waals surface area contributed by atoms with Crippen LogP contribution in [0.15, 0.2) is 30.3 Å². The normalized spacial score (nSPS) is 15.0. The maximum Gasteiger partial charge on any atom is 0.332 e. The molecule has 0 aliphatic rings. The second kappa shape index (κ2) is 7.02. The number of hydrogen-bond donors (Lipinski definition) is 3. The molecule has 0 saturated carbocycles. The molecule has 2 atom stereocenters. The average Bonchev–Trinajstić information content (AvgIpc) is 2.47. The SMILES string of the molecule is CCOC(=O)C(N)C(=O)NC(C)(CO)c1ccccc1. The third-order valence-corrected chi connectivity index (χ3v) is 2.95. The standard InChI is InChI=1S/C14H20N2O4/c1-3-20-13(19)11(15)12(18)16-14(2,9-17)10-7-5-4-6-8-10/h4-8,11,17H,3,9,15H2,1-2H3,(H,16,18). The molecule has 6 heteroatoms. The third kappa shape index (κ3) is 3.79. The summed E-state index contributed by atoms with van der Waals surface area (Å²) in [6, 6.07) is 7.54. The highest BCUT2D eigenvalue weighted by Crippen LogP contribution is 2.19. The first kappa shape index (κ1) is 16.1. The first-order chi connectivity index (χ1) is 9.44. The van der Waals surface area contributed by atoms with E-state index < -0.39 is 23.5 Å². The predicted molar refractivity (Wildman–Crippen MR) is 73.6 cm³/mol. The quantitative estimate of drug-likeness (QED) is 0.499. The van der Waals surface area contributed by atoms with Gasteiger partial charge in [0.15, 0.2) is 6.04 Å². The van der Waals surface area contributed by atoms with Crippen molar-refractivity contribution in [2.75, 3.05) is 13.2 Å². The van der Waals surface area contributed by atoms with E-state index >= 15 is 0 Å². The van der Waals surface area contributed by atoms with Gasteiger partial charge >= 0.3 is 5.97 Å². The Balaban J connectivity index is 2.83. The molecule has 0 fully saturated rings. The van der Waals surface area contributed by atoms with Crippen molar-refractivity contribution in [2.24, 2.45) is 5.73 Å². The number of rotatable bonds is 6. The van der Waals surface area contributed by atoms with Gasteiger partial charge in [0.05, 0.1) is 18.8 Å². The highest BCUT2D eigenvalue weighted by molar-refractivity contribution is 6.02. The highest BCUT2D eigenvalue weighted by Gasteiger charge is 2.32. The molecule has 4 N–H and O–H groups in total. The van der Waals surface area contributed by atoms with Gasteiger partial charge < -0.3 is 20.9 Å². The molecule has 0 radical (unpaired) electrons. The molecule has 20 heavy (non-hydrogen) atoms. The summed E-state index contributed by atoms with van der Waals surface area (Å²) in [4.78, 5) is 23.4. The van der Waals surface area contributed by atoms with Crippen molar-refractivity contribution in [3.63, 3.8) is 0 Å². The molecule has 0 aromatic heterocycles. The smallest absolute Gasteiger partial charge is 0.332 e. The Labute approximate surface area is 117 Å². The Morgan fingerprint density at radius 2 is 2.00 bits per heavy atom. The number of esters is 1. The molecule has 2 unspecified atom stereocenters. The molecule has 0 saturated heterocycles. The number of carbonyl (C=O) groups is 2. The van der Waals surface area contributed by atoms with Crippen LogP contribution in [-0.4, -0.2) is 36.2 Å². The van der Waals surface area contributed by atoms with E-state index in [1.807, 2.05) is 6.07 Å². The minimum atomic E-state index is -1.41. The van der Waals surface area contributed by atoms with Gasteiger partial charge in [-0.3, -0.25) is 4.79 Å². The number of nitrogens with one attached hydrogen (secondary N) is 1. The van der Waals surface area contributed by atoms with Crippen LogP contribution >= 0.6 is 0 Å². The summed E-state index contributed by atoms with van der Waals surface area (Å²) in [6.45, 7) is 3.11. The number of aliphatic hydroxyl groups excluding tert-OH is 1. The second-order valence-electron chi connectivity index (χ2n) is 4.58. The molecule has 0 spiro atoms. The maximum absolute atomic E-state index is 12.0. The number of ether oxygens (including phenoxy) is 1. The lowest BCUT2D eigenvalue weighted by atomic mass is 9.92. The van der Waals surface area contributed by atoms with Crippen molar-refractivity contribution in [2.45, 2.75) is 25.4 Å². The van der Waals surface area contributed by atoms with Crippen molar-refractivity contribution >= 4 is 11.9 Å². The van der Waals surface area contributed by atoms with Crippen molar-refractivity contribution in [3.8, 4) is 0 Å². The maximum atomic E-state index is 12.0. The summed E-state index contributed by atoms with van der Waals surface area (Å²) < 4.78 is 4.69. The lowest BCUT2D eigenvalue weighted by molar-refractivity contribution is -0.148. The monoisotopic (exact) mass is 280 g/mol. The van der Waals surface area contributed by atoms with Crippen LogP contribution in [0, 0.1) is 0 Å². The Morgan fingerprint density at radius 1 is 1.40 bits per heavy atom. The van der Waals surface area contributed by atoms with Crippen LogP contribution in [-0.2, 0) is 19.9 Å². The summed E-state index contributed by atoms with van der Waals surface area (Å²) in [5, 5.41) is 12.1. The van der Waals surface area contributed by atoms with Crippen LogP contribution in [0.4, 0.5) is 0 Å². The minimum Gasteiger partial charge on any atom is -0.464 e. The van der Waals surface area contributed by atoms with Gasteiger partial charge in [0.2, 0.25) is 5.91 Å². The van der Waals surface area contributed by atoms with Crippen LogP contribution in [0.1, 0.15) is 19.4 Å². The molecule has 110 valence electrons. The van der Waals surface area contributed by atoms with Gasteiger partial charge in [-0.1, -0.05) is 30.3 Å². The lowest BCUT2D eigenvalue weighted by Gasteiger charge is -2.30. The zero-order chi connectivity index (χ0) is 15.2. The Kier molecular flexibility index (Phi) is 5.66. The van der Waals surface area contributed by atoms with E-state index in [4.69, 9.17) is 10.5 Å². The summed E-state index contributed by atoms with van der Waals surface area (Å²) in [5.74, 6) is -1.48. The van der Waals surface area contributed by atoms with E-state index in [9.17, 15) is 14.7 Å². The molecule has 1 aromatic rings. The fourth-order valence-electron chi connectivity index (χ4n) is 1.70. The first-order valence-corrected chi connectivity index (χ1v) is 6.35. The molecule has 0 aliphatic carbocycles. The van der Waals surface area contributed by atoms with Gasteiger partial charge in [0, 0.05) is 0 Å². The predicted octanol–water partition coefficient (Wildman–Crippen LogP) is -0.0993. The molecule has 1 amide bonds. The summed E-state index contributed by atoms with van der Waals surface area (Å²) >= 11 is 0. The molecule has 0 heterocycles. The fraction of sp³-hybridized carbons (Fsp3) is 0.429. The van der Waals surface area contributed by atoms with Crippen LogP contribution in [0.2, 0.25) is 0 Å². The molecular formula is C14H20N2O4. The van der Waals surface area contributed by atoms with Crippen molar-refractivity contribution in [1.29, 1.82) is 0 Å². The van der Waals surface area contributed by atoms with E-state index in [-0.39, 0.29) is 13.2 Å². The molecule has 0 bridgehead atoms.